The van der Waals surface area contributed by atoms with Gasteiger partial charge in [0, 0.05) is 30.7 Å². The van der Waals surface area contributed by atoms with Crippen LogP contribution < -0.4 is 11.1 Å². The molecule has 1 saturated heterocycles. The van der Waals surface area contributed by atoms with E-state index in [1.54, 1.807) is 12.4 Å². The summed E-state index contributed by atoms with van der Waals surface area (Å²) in [5.41, 5.74) is 7.66. The highest BCUT2D eigenvalue weighted by Crippen LogP contribution is 2.16. The number of carbonyl (C=O) groups is 2. The Morgan fingerprint density at radius 1 is 1.14 bits per heavy atom. The molecule has 1 aliphatic rings. The lowest BCUT2D eigenvalue weighted by Gasteiger charge is -2.31. The quantitative estimate of drug-likeness (QED) is 0.655. The van der Waals surface area contributed by atoms with Crippen molar-refractivity contribution in [3.8, 4) is 0 Å². The van der Waals surface area contributed by atoms with Gasteiger partial charge in [-0.05, 0) is 24.5 Å². The third-order valence-electron chi connectivity index (χ3n) is 5.22. The second kappa shape index (κ2) is 8.40. The minimum absolute atomic E-state index is 0.0862. The first-order valence-corrected chi connectivity index (χ1v) is 9.75. The van der Waals surface area contributed by atoms with Crippen LogP contribution in [0, 0.1) is 0 Å². The van der Waals surface area contributed by atoms with Gasteiger partial charge in [0.25, 0.3) is 5.91 Å². The normalized spacial score (nSPS) is 15.4. The van der Waals surface area contributed by atoms with E-state index in [1.807, 2.05) is 46.0 Å². The minimum Gasteiger partial charge on any atom is -0.369 e. The van der Waals surface area contributed by atoms with E-state index in [1.165, 1.54) is 0 Å². The van der Waals surface area contributed by atoms with Gasteiger partial charge >= 0.3 is 0 Å². The summed E-state index contributed by atoms with van der Waals surface area (Å²) in [4.78, 5) is 30.2. The van der Waals surface area contributed by atoms with Crippen LogP contribution in [0.15, 0.2) is 48.8 Å². The van der Waals surface area contributed by atoms with E-state index in [4.69, 9.17) is 5.73 Å². The van der Waals surface area contributed by atoms with Crippen LogP contribution in [0.4, 0.5) is 0 Å². The summed E-state index contributed by atoms with van der Waals surface area (Å²) in [6, 6.07) is 12.0. The first-order chi connectivity index (χ1) is 14.1. The van der Waals surface area contributed by atoms with E-state index in [0.29, 0.717) is 12.1 Å². The number of hydrogen-bond acceptors (Lipinski definition) is 5. The van der Waals surface area contributed by atoms with Crippen molar-refractivity contribution < 1.29 is 9.59 Å². The number of pyridine rings is 1. The highest BCUT2D eigenvalue weighted by atomic mass is 16.2. The van der Waals surface area contributed by atoms with E-state index < -0.39 is 0 Å². The number of carbonyl (C=O) groups excluding carboxylic acids is 2. The van der Waals surface area contributed by atoms with Crippen molar-refractivity contribution in [3.63, 3.8) is 0 Å². The van der Waals surface area contributed by atoms with Gasteiger partial charge in [-0.2, -0.15) is 5.10 Å². The number of aromatic nitrogens is 3. The largest absolute Gasteiger partial charge is 0.369 e. The molecule has 2 amide bonds. The summed E-state index contributed by atoms with van der Waals surface area (Å²) in [7, 11) is 0. The Bertz CT molecular complexity index is 1010. The molecule has 4 rings (SSSR count). The number of nitrogens with two attached hydrogens (primary N) is 1. The van der Waals surface area contributed by atoms with E-state index >= 15 is 0 Å². The Kier molecular flexibility index (Phi) is 5.53. The summed E-state index contributed by atoms with van der Waals surface area (Å²) in [6.45, 7) is 2.40. The van der Waals surface area contributed by atoms with Crippen LogP contribution >= 0.6 is 0 Å². The van der Waals surface area contributed by atoms with Crippen molar-refractivity contribution in [1.82, 2.24) is 25.0 Å². The van der Waals surface area contributed by atoms with Gasteiger partial charge < -0.3 is 11.1 Å². The molecule has 0 saturated carbocycles. The van der Waals surface area contributed by atoms with Gasteiger partial charge in [-0.15, -0.1) is 0 Å². The summed E-state index contributed by atoms with van der Waals surface area (Å²) >= 11 is 0. The molecular formula is C21H24N6O2. The molecule has 3 N–H and O–H groups in total. The molecule has 3 heterocycles. The molecule has 0 unspecified atom stereocenters. The first kappa shape index (κ1) is 19.1. The van der Waals surface area contributed by atoms with Gasteiger partial charge in [0.05, 0.1) is 24.8 Å². The van der Waals surface area contributed by atoms with Crippen LogP contribution in [0.2, 0.25) is 0 Å². The highest BCUT2D eigenvalue weighted by molar-refractivity contribution is 5.97. The fourth-order valence-corrected chi connectivity index (χ4v) is 3.69. The number of amides is 2. The van der Waals surface area contributed by atoms with Crippen molar-refractivity contribution in [1.29, 1.82) is 0 Å². The van der Waals surface area contributed by atoms with Crippen molar-refractivity contribution in [2.75, 3.05) is 19.6 Å². The number of likely N-dealkylation sites (tertiary alicyclic amines) is 1. The molecule has 1 aliphatic heterocycles. The lowest BCUT2D eigenvalue weighted by atomic mass is 10.0. The van der Waals surface area contributed by atoms with Crippen LogP contribution in [0.5, 0.6) is 0 Å². The van der Waals surface area contributed by atoms with Crippen LogP contribution in [-0.2, 0) is 11.3 Å². The number of benzene rings is 1. The molecule has 0 atom stereocenters. The van der Waals surface area contributed by atoms with Crippen molar-refractivity contribution in [3.05, 3.63) is 59.9 Å². The number of fused-ring (bicyclic) bond motifs is 1. The Balaban J connectivity index is 1.39. The van der Waals surface area contributed by atoms with Crippen LogP contribution in [0.3, 0.4) is 0 Å². The van der Waals surface area contributed by atoms with E-state index in [-0.39, 0.29) is 24.4 Å². The number of nitrogens with one attached hydrogen (secondary N) is 1. The summed E-state index contributed by atoms with van der Waals surface area (Å²) < 4.78 is 1.83. The number of hydrogen-bond donors (Lipinski definition) is 2. The molecule has 29 heavy (non-hydrogen) atoms. The molecule has 8 nitrogen and oxygen atoms in total. The Morgan fingerprint density at radius 3 is 2.62 bits per heavy atom. The monoisotopic (exact) mass is 392 g/mol. The van der Waals surface area contributed by atoms with Gasteiger partial charge in [0.1, 0.15) is 0 Å². The molecule has 0 aliphatic carbocycles. The predicted octanol–water partition coefficient (Wildman–Crippen LogP) is 1.16. The molecule has 2 aromatic heterocycles. The lowest BCUT2D eigenvalue weighted by Crippen LogP contribution is -2.46. The van der Waals surface area contributed by atoms with Crippen LogP contribution in [0.1, 0.15) is 28.8 Å². The number of piperidine rings is 1. The Morgan fingerprint density at radius 2 is 1.90 bits per heavy atom. The third-order valence-corrected chi connectivity index (χ3v) is 5.22. The number of nitrogens with zero attached hydrogens (tertiary/aromatic N) is 4. The maximum atomic E-state index is 12.6. The predicted molar refractivity (Wildman–Crippen MR) is 109 cm³/mol. The summed E-state index contributed by atoms with van der Waals surface area (Å²) in [5.74, 6) is -0.455. The number of primary amides is 1. The highest BCUT2D eigenvalue weighted by Gasteiger charge is 2.22. The lowest BCUT2D eigenvalue weighted by molar-refractivity contribution is -0.119. The minimum atomic E-state index is -0.320. The average molecular weight is 392 g/mol. The van der Waals surface area contributed by atoms with Gasteiger partial charge in [-0.25, -0.2) is 9.67 Å². The Labute approximate surface area is 168 Å². The van der Waals surface area contributed by atoms with Gasteiger partial charge in [-0.1, -0.05) is 30.3 Å². The second-order valence-electron chi connectivity index (χ2n) is 7.41. The van der Waals surface area contributed by atoms with Crippen molar-refractivity contribution in [2.45, 2.75) is 25.4 Å². The average Bonchev–Trinajstić information content (AvgIpc) is 3.12. The fraction of sp³-hybridized carbons (Fsp3) is 0.333. The van der Waals surface area contributed by atoms with Crippen LogP contribution in [-0.4, -0.2) is 57.2 Å². The zero-order valence-electron chi connectivity index (χ0n) is 16.1. The van der Waals surface area contributed by atoms with Crippen molar-refractivity contribution >= 4 is 22.8 Å². The maximum absolute atomic E-state index is 12.6. The third kappa shape index (κ3) is 4.60. The molecule has 0 bridgehead atoms. The van der Waals surface area contributed by atoms with Gasteiger partial charge in [0.2, 0.25) is 5.91 Å². The SMILES string of the molecule is NC(=O)CN1CCC(NC(=O)c2cnc3c(cnn3Cc3ccccc3)c2)CC1. The van der Waals surface area contributed by atoms with E-state index in [2.05, 4.69) is 15.4 Å². The first-order valence-electron chi connectivity index (χ1n) is 9.75. The molecule has 0 spiro atoms. The smallest absolute Gasteiger partial charge is 0.253 e. The van der Waals surface area contributed by atoms with Gasteiger partial charge in [0.15, 0.2) is 5.65 Å². The number of rotatable bonds is 6. The van der Waals surface area contributed by atoms with E-state index in [9.17, 15) is 9.59 Å². The van der Waals surface area contributed by atoms with Crippen molar-refractivity contribution in [2.24, 2.45) is 5.73 Å². The maximum Gasteiger partial charge on any atom is 0.253 e. The summed E-state index contributed by atoms with van der Waals surface area (Å²) in [6.07, 6.45) is 4.93. The zero-order chi connectivity index (χ0) is 20.2. The zero-order valence-corrected chi connectivity index (χ0v) is 16.1. The molecule has 1 aromatic carbocycles. The van der Waals surface area contributed by atoms with Crippen LogP contribution in [0.25, 0.3) is 11.0 Å². The second-order valence-corrected chi connectivity index (χ2v) is 7.41. The molecule has 3 aromatic rings. The molecule has 150 valence electrons. The summed E-state index contributed by atoms with van der Waals surface area (Å²) in [5, 5.41) is 8.33. The molecular weight excluding hydrogens is 368 g/mol. The molecule has 1 fully saturated rings. The van der Waals surface area contributed by atoms with Gasteiger partial charge in [-0.3, -0.25) is 14.5 Å². The standard InChI is InChI=1S/C21H24N6O2/c22-19(28)14-26-8-6-18(7-9-26)25-21(29)17-10-16-12-24-27(20(16)23-11-17)13-15-4-2-1-3-5-15/h1-5,10-12,18H,6-9,13-14H2,(H2,22,28)(H,25,29). The fourth-order valence-electron chi connectivity index (χ4n) is 3.69. The van der Waals surface area contributed by atoms with E-state index in [0.717, 1.165) is 42.5 Å². The molecule has 8 heteroatoms. The molecule has 0 radical (unpaired) electrons. The Hall–Kier alpha value is -3.26. The topological polar surface area (TPSA) is 106 Å².